The molecule has 3 aromatic carbocycles. The first-order valence-electron chi connectivity index (χ1n) is 15.9. The van der Waals surface area contributed by atoms with Gasteiger partial charge in [-0.1, -0.05) is 105 Å². The normalized spacial score (nSPS) is 14.0. The highest BCUT2D eigenvalue weighted by Gasteiger charge is 2.34. The van der Waals surface area contributed by atoms with Gasteiger partial charge in [-0.05, 0) is 29.0 Å². The number of nitrogens with one attached hydrogen (secondary N) is 4. The summed E-state index contributed by atoms with van der Waals surface area (Å²) in [6, 6.07) is 20.1. The van der Waals surface area contributed by atoms with Gasteiger partial charge in [0.15, 0.2) is 0 Å². The van der Waals surface area contributed by atoms with E-state index in [0.717, 1.165) is 11.1 Å². The first kappa shape index (κ1) is 37.9. The fraction of sp³-hybridized carbons (Fsp3) is 0.333. The van der Waals surface area contributed by atoms with Gasteiger partial charge >= 0.3 is 11.9 Å². The Hall–Kier alpha value is -5.56. The second-order valence-electron chi connectivity index (χ2n) is 12.0. The maximum absolute atomic E-state index is 13.7. The summed E-state index contributed by atoms with van der Waals surface area (Å²) in [5.41, 5.74) is 8.36. The van der Waals surface area contributed by atoms with Gasteiger partial charge in [0.25, 0.3) is 0 Å². The highest BCUT2D eigenvalue weighted by atomic mass is 16.4. The first-order chi connectivity index (χ1) is 23.3. The Morgan fingerprint density at radius 2 is 0.959 bits per heavy atom. The van der Waals surface area contributed by atoms with Crippen molar-refractivity contribution in [2.45, 2.75) is 69.7 Å². The average molecular weight is 674 g/mol. The van der Waals surface area contributed by atoms with E-state index >= 15 is 0 Å². The minimum atomic E-state index is -1.66. The number of nitrogens with two attached hydrogens (primary N) is 1. The van der Waals surface area contributed by atoms with Crippen LogP contribution in [-0.2, 0) is 48.0 Å². The average Bonchev–Trinajstić information content (AvgIpc) is 3.07. The van der Waals surface area contributed by atoms with Gasteiger partial charge in [-0.15, -0.1) is 0 Å². The molecule has 0 aliphatic carbocycles. The molecule has 13 heteroatoms. The zero-order valence-electron chi connectivity index (χ0n) is 27.4. The molecule has 3 aromatic rings. The number of carboxylic acid groups (broad SMARTS) is 2. The Morgan fingerprint density at radius 3 is 1.41 bits per heavy atom. The van der Waals surface area contributed by atoms with Crippen LogP contribution >= 0.6 is 0 Å². The van der Waals surface area contributed by atoms with Gasteiger partial charge in [0.1, 0.15) is 24.2 Å². The van der Waals surface area contributed by atoms with Crippen LogP contribution in [0.25, 0.3) is 0 Å². The monoisotopic (exact) mass is 673 g/mol. The number of carboxylic acids is 2. The molecule has 0 fully saturated rings. The van der Waals surface area contributed by atoms with Crippen molar-refractivity contribution in [3.05, 3.63) is 108 Å². The van der Waals surface area contributed by atoms with Crippen molar-refractivity contribution in [1.29, 1.82) is 0 Å². The van der Waals surface area contributed by atoms with Gasteiger partial charge in [-0.3, -0.25) is 24.0 Å². The molecule has 4 amide bonds. The number of carbonyl (C=O) groups is 6. The van der Waals surface area contributed by atoms with Crippen molar-refractivity contribution in [3.63, 3.8) is 0 Å². The molecule has 0 unspecified atom stereocenters. The lowest BCUT2D eigenvalue weighted by Gasteiger charge is -2.28. The summed E-state index contributed by atoms with van der Waals surface area (Å²) >= 11 is 0. The molecular formula is C36H43N5O8. The van der Waals surface area contributed by atoms with Crippen LogP contribution in [0, 0.1) is 5.92 Å². The van der Waals surface area contributed by atoms with Crippen molar-refractivity contribution in [2.75, 3.05) is 0 Å². The zero-order valence-corrected chi connectivity index (χ0v) is 27.4. The molecule has 0 bridgehead atoms. The highest BCUT2D eigenvalue weighted by Crippen LogP contribution is 2.10. The van der Waals surface area contributed by atoms with Crippen molar-refractivity contribution >= 4 is 35.6 Å². The molecule has 0 aliphatic heterocycles. The largest absolute Gasteiger partial charge is 0.481 e. The first-order valence-corrected chi connectivity index (χ1v) is 15.9. The summed E-state index contributed by atoms with van der Waals surface area (Å²) in [7, 11) is 0. The fourth-order valence-corrected chi connectivity index (χ4v) is 5.05. The van der Waals surface area contributed by atoms with Gasteiger partial charge < -0.3 is 37.2 Å². The van der Waals surface area contributed by atoms with Crippen molar-refractivity contribution in [3.8, 4) is 0 Å². The smallest absolute Gasteiger partial charge is 0.326 e. The van der Waals surface area contributed by atoms with E-state index in [0.29, 0.717) is 5.56 Å². The topological polar surface area (TPSA) is 217 Å². The summed E-state index contributed by atoms with van der Waals surface area (Å²) in [4.78, 5) is 77.1. The van der Waals surface area contributed by atoms with Gasteiger partial charge in [0, 0.05) is 12.8 Å². The molecule has 260 valence electrons. The van der Waals surface area contributed by atoms with E-state index in [4.69, 9.17) is 5.73 Å². The van der Waals surface area contributed by atoms with Crippen molar-refractivity contribution in [2.24, 2.45) is 11.7 Å². The van der Waals surface area contributed by atoms with Crippen molar-refractivity contribution < 1.29 is 39.0 Å². The Labute approximate surface area is 284 Å². The second-order valence-corrected chi connectivity index (χ2v) is 12.0. The molecule has 8 N–H and O–H groups in total. The Kier molecular flexibility index (Phi) is 14.5. The summed E-state index contributed by atoms with van der Waals surface area (Å²) in [6.45, 7) is 3.27. The SMILES string of the molecule is CC(C)[C@H](NC(=O)[C@H](Cc1ccccc1)NC(=O)[C@@H](N)Cc1ccccc1)C(=O)N[C@@H](CC(=O)O)C(=O)N[C@@H](Cc1ccccc1)C(=O)O. The number of aliphatic carboxylic acids is 2. The van der Waals surface area contributed by atoms with E-state index in [1.807, 2.05) is 30.3 Å². The minimum absolute atomic E-state index is 0.0743. The zero-order chi connectivity index (χ0) is 35.9. The van der Waals surface area contributed by atoms with Gasteiger partial charge in [0.2, 0.25) is 23.6 Å². The third-order valence-electron chi connectivity index (χ3n) is 7.71. The third-order valence-corrected chi connectivity index (χ3v) is 7.71. The molecule has 49 heavy (non-hydrogen) atoms. The summed E-state index contributed by atoms with van der Waals surface area (Å²) in [6.07, 6.45) is -0.626. The molecule has 0 aliphatic rings. The molecule has 0 saturated heterocycles. The minimum Gasteiger partial charge on any atom is -0.481 e. The summed E-state index contributed by atoms with van der Waals surface area (Å²) < 4.78 is 0. The molecule has 0 aromatic heterocycles. The molecule has 13 nitrogen and oxygen atoms in total. The van der Waals surface area contributed by atoms with Crippen LogP contribution in [0.3, 0.4) is 0 Å². The number of hydrogen-bond acceptors (Lipinski definition) is 7. The molecule has 0 radical (unpaired) electrons. The second kappa shape index (κ2) is 18.7. The highest BCUT2D eigenvalue weighted by molar-refractivity contribution is 5.96. The van der Waals surface area contributed by atoms with E-state index in [-0.39, 0.29) is 19.3 Å². The van der Waals surface area contributed by atoms with Gasteiger partial charge in [0.05, 0.1) is 12.5 Å². The lowest BCUT2D eigenvalue weighted by atomic mass is 9.99. The summed E-state index contributed by atoms with van der Waals surface area (Å²) in [5.74, 6) is -6.48. The Balaban J connectivity index is 1.76. The van der Waals surface area contributed by atoms with Crippen molar-refractivity contribution in [1.82, 2.24) is 21.3 Å². The number of rotatable bonds is 18. The maximum Gasteiger partial charge on any atom is 0.326 e. The molecule has 3 rings (SSSR count). The van der Waals surface area contributed by atoms with Crippen LogP contribution in [-0.4, -0.2) is 76.0 Å². The predicted molar refractivity (Wildman–Crippen MR) is 181 cm³/mol. The number of carbonyl (C=O) groups excluding carboxylic acids is 4. The maximum atomic E-state index is 13.7. The van der Waals surface area contributed by atoms with Crippen LogP contribution in [0.15, 0.2) is 91.0 Å². The Bertz CT molecular complexity index is 1570. The van der Waals surface area contributed by atoms with Crippen LogP contribution in [0.5, 0.6) is 0 Å². The lowest BCUT2D eigenvalue weighted by Crippen LogP contribution is -2.60. The van der Waals surface area contributed by atoms with E-state index in [1.165, 1.54) is 0 Å². The van der Waals surface area contributed by atoms with Crippen LogP contribution < -0.4 is 27.0 Å². The predicted octanol–water partition coefficient (Wildman–Crippen LogP) is 1.20. The number of amides is 4. The Morgan fingerprint density at radius 1 is 0.551 bits per heavy atom. The quantitative estimate of drug-likeness (QED) is 0.103. The number of benzene rings is 3. The fourth-order valence-electron chi connectivity index (χ4n) is 5.05. The van der Waals surface area contributed by atoms with E-state index in [9.17, 15) is 39.0 Å². The van der Waals surface area contributed by atoms with E-state index in [1.54, 1.807) is 74.5 Å². The standard InChI is InChI=1S/C36H43N5O8/c1-22(2)31(35(47)39-28(21-30(42)43)33(45)40-29(36(48)49)20-25-16-10-5-11-17-25)41-34(46)27(19-24-14-8-4-9-15-24)38-32(44)26(37)18-23-12-6-3-7-13-23/h3-17,22,26-29,31H,18-21,37H2,1-2H3,(H,38,44)(H,39,47)(H,40,45)(H,41,46)(H,42,43)(H,48,49)/t26-,27-,28-,29-,31-/m0/s1. The van der Waals surface area contributed by atoms with E-state index in [2.05, 4.69) is 21.3 Å². The number of hydrogen-bond donors (Lipinski definition) is 7. The van der Waals surface area contributed by atoms with Crippen LogP contribution in [0.1, 0.15) is 37.0 Å². The molecule has 0 heterocycles. The molecule has 5 atom stereocenters. The summed E-state index contributed by atoms with van der Waals surface area (Å²) in [5, 5.41) is 29.2. The van der Waals surface area contributed by atoms with E-state index < -0.39 is 78.1 Å². The van der Waals surface area contributed by atoms with Crippen LogP contribution in [0.2, 0.25) is 0 Å². The molecule has 0 saturated carbocycles. The van der Waals surface area contributed by atoms with Crippen LogP contribution in [0.4, 0.5) is 0 Å². The third kappa shape index (κ3) is 12.5. The van der Waals surface area contributed by atoms with Gasteiger partial charge in [-0.25, -0.2) is 4.79 Å². The lowest BCUT2D eigenvalue weighted by molar-refractivity contribution is -0.143. The molecular weight excluding hydrogens is 630 g/mol. The van der Waals surface area contributed by atoms with Gasteiger partial charge in [-0.2, -0.15) is 0 Å². The molecule has 0 spiro atoms.